The molecule has 112 valence electrons. The molecule has 0 heterocycles. The molecular weight excluding hydrogens is 262 g/mol. The van der Waals surface area contributed by atoms with Crippen molar-refractivity contribution < 1.29 is 9.47 Å². The van der Waals surface area contributed by atoms with Crippen LogP contribution in [-0.2, 0) is 0 Å². The van der Waals surface area contributed by atoms with Gasteiger partial charge in [-0.1, -0.05) is 32.0 Å². The highest BCUT2D eigenvalue weighted by Crippen LogP contribution is 2.30. The first-order chi connectivity index (χ1) is 10.2. The standard InChI is InChI=1S/C18H23NO2/c1-3-13-20-14-9-11-15(12-10-14)21-18-8-6-5-7-16(18)17(19)4-2/h5-12,17H,3-4,13,19H2,1-2H3/t17-/m0/s1. The van der Waals surface area contributed by atoms with Crippen molar-refractivity contribution in [2.24, 2.45) is 5.73 Å². The number of hydrogen-bond donors (Lipinski definition) is 1. The highest BCUT2D eigenvalue weighted by Gasteiger charge is 2.10. The molecule has 2 aromatic rings. The summed E-state index contributed by atoms with van der Waals surface area (Å²) in [6.07, 6.45) is 1.88. The molecule has 0 aliphatic rings. The minimum absolute atomic E-state index is 0.00615. The van der Waals surface area contributed by atoms with Crippen LogP contribution in [0.25, 0.3) is 0 Å². The minimum Gasteiger partial charge on any atom is -0.494 e. The molecule has 0 aliphatic heterocycles. The fourth-order valence-corrected chi connectivity index (χ4v) is 2.05. The summed E-state index contributed by atoms with van der Waals surface area (Å²) in [5.74, 6) is 2.46. The van der Waals surface area contributed by atoms with E-state index in [0.717, 1.165) is 42.3 Å². The van der Waals surface area contributed by atoms with E-state index in [1.165, 1.54) is 0 Å². The molecule has 0 amide bonds. The normalized spacial score (nSPS) is 12.0. The molecule has 3 nitrogen and oxygen atoms in total. The zero-order valence-corrected chi connectivity index (χ0v) is 12.7. The predicted molar refractivity (Wildman–Crippen MR) is 86.0 cm³/mol. The van der Waals surface area contributed by atoms with E-state index in [4.69, 9.17) is 15.2 Å². The van der Waals surface area contributed by atoms with Crippen molar-refractivity contribution in [3.05, 3.63) is 54.1 Å². The maximum absolute atomic E-state index is 6.13. The molecule has 2 aromatic carbocycles. The Morgan fingerprint density at radius 2 is 1.62 bits per heavy atom. The highest BCUT2D eigenvalue weighted by atomic mass is 16.5. The van der Waals surface area contributed by atoms with Gasteiger partial charge in [0.25, 0.3) is 0 Å². The number of nitrogens with two attached hydrogens (primary N) is 1. The van der Waals surface area contributed by atoms with Crippen LogP contribution < -0.4 is 15.2 Å². The third kappa shape index (κ3) is 4.23. The molecule has 3 heteroatoms. The summed E-state index contributed by atoms with van der Waals surface area (Å²) in [7, 11) is 0. The first-order valence-corrected chi connectivity index (χ1v) is 7.49. The third-order valence-electron chi connectivity index (χ3n) is 3.28. The number of para-hydroxylation sites is 1. The van der Waals surface area contributed by atoms with Crippen LogP contribution >= 0.6 is 0 Å². The fraction of sp³-hybridized carbons (Fsp3) is 0.333. The van der Waals surface area contributed by atoms with Crippen molar-refractivity contribution in [2.75, 3.05) is 6.61 Å². The van der Waals surface area contributed by atoms with Gasteiger partial charge in [-0.3, -0.25) is 0 Å². The summed E-state index contributed by atoms with van der Waals surface area (Å²) >= 11 is 0. The van der Waals surface area contributed by atoms with Crippen molar-refractivity contribution in [2.45, 2.75) is 32.7 Å². The van der Waals surface area contributed by atoms with Gasteiger partial charge in [0, 0.05) is 11.6 Å². The second-order valence-corrected chi connectivity index (χ2v) is 4.97. The average molecular weight is 285 g/mol. The van der Waals surface area contributed by atoms with Crippen molar-refractivity contribution in [3.8, 4) is 17.2 Å². The van der Waals surface area contributed by atoms with Crippen LogP contribution in [0.5, 0.6) is 17.2 Å². The average Bonchev–Trinajstić information content (AvgIpc) is 2.54. The molecule has 0 unspecified atom stereocenters. The molecule has 0 saturated heterocycles. The van der Waals surface area contributed by atoms with Gasteiger partial charge in [-0.2, -0.15) is 0 Å². The summed E-state index contributed by atoms with van der Waals surface area (Å²) in [5.41, 5.74) is 7.16. The molecule has 0 fully saturated rings. The van der Waals surface area contributed by atoms with Gasteiger partial charge in [0.1, 0.15) is 17.2 Å². The van der Waals surface area contributed by atoms with Gasteiger partial charge < -0.3 is 15.2 Å². The summed E-state index contributed by atoms with van der Waals surface area (Å²) in [6.45, 7) is 4.89. The van der Waals surface area contributed by atoms with Crippen LogP contribution in [0.2, 0.25) is 0 Å². The molecule has 0 aliphatic carbocycles. The van der Waals surface area contributed by atoms with Gasteiger partial charge in [-0.15, -0.1) is 0 Å². The Balaban J connectivity index is 2.11. The first kappa shape index (κ1) is 15.4. The van der Waals surface area contributed by atoms with Crippen molar-refractivity contribution in [3.63, 3.8) is 0 Å². The molecule has 0 aromatic heterocycles. The van der Waals surface area contributed by atoms with Gasteiger partial charge in [-0.25, -0.2) is 0 Å². The molecule has 2 N–H and O–H groups in total. The van der Waals surface area contributed by atoms with E-state index in [1.54, 1.807) is 0 Å². The van der Waals surface area contributed by atoms with Crippen LogP contribution in [0, 0.1) is 0 Å². The van der Waals surface area contributed by atoms with E-state index in [9.17, 15) is 0 Å². The maximum atomic E-state index is 6.13. The van der Waals surface area contributed by atoms with E-state index in [-0.39, 0.29) is 6.04 Å². The first-order valence-electron chi connectivity index (χ1n) is 7.49. The Morgan fingerprint density at radius 1 is 0.952 bits per heavy atom. The smallest absolute Gasteiger partial charge is 0.132 e. The molecule has 0 spiro atoms. The Bertz CT molecular complexity index is 551. The van der Waals surface area contributed by atoms with Gasteiger partial charge >= 0.3 is 0 Å². The van der Waals surface area contributed by atoms with Gasteiger partial charge in [0.05, 0.1) is 6.61 Å². The van der Waals surface area contributed by atoms with Crippen LogP contribution in [0.1, 0.15) is 38.3 Å². The Hall–Kier alpha value is -2.00. The molecule has 21 heavy (non-hydrogen) atoms. The SMILES string of the molecule is CCCOc1ccc(Oc2ccccc2[C@@H](N)CC)cc1. The van der Waals surface area contributed by atoms with Crippen molar-refractivity contribution in [1.29, 1.82) is 0 Å². The zero-order chi connectivity index (χ0) is 15.1. The Kier molecular flexibility index (Phi) is 5.64. The van der Waals surface area contributed by atoms with Gasteiger partial charge in [0.2, 0.25) is 0 Å². The molecule has 0 radical (unpaired) electrons. The zero-order valence-electron chi connectivity index (χ0n) is 12.7. The van der Waals surface area contributed by atoms with Crippen LogP contribution in [0.3, 0.4) is 0 Å². The molecule has 2 rings (SSSR count). The monoisotopic (exact) mass is 285 g/mol. The Morgan fingerprint density at radius 3 is 2.29 bits per heavy atom. The van der Waals surface area contributed by atoms with E-state index in [1.807, 2.05) is 48.5 Å². The fourth-order valence-electron chi connectivity index (χ4n) is 2.05. The van der Waals surface area contributed by atoms with Crippen LogP contribution in [-0.4, -0.2) is 6.61 Å². The summed E-state index contributed by atoms with van der Waals surface area (Å²) in [5, 5.41) is 0. The third-order valence-corrected chi connectivity index (χ3v) is 3.28. The summed E-state index contributed by atoms with van der Waals surface area (Å²) in [4.78, 5) is 0. The van der Waals surface area contributed by atoms with Crippen molar-refractivity contribution >= 4 is 0 Å². The number of ether oxygens (including phenoxy) is 2. The molecular formula is C18H23NO2. The van der Waals surface area contributed by atoms with Crippen molar-refractivity contribution in [1.82, 2.24) is 0 Å². The lowest BCUT2D eigenvalue weighted by Crippen LogP contribution is -2.09. The largest absolute Gasteiger partial charge is 0.494 e. The number of benzene rings is 2. The minimum atomic E-state index is -0.00615. The molecule has 0 bridgehead atoms. The summed E-state index contributed by atoms with van der Waals surface area (Å²) in [6, 6.07) is 15.6. The predicted octanol–water partition coefficient (Wildman–Crippen LogP) is 4.68. The number of rotatable bonds is 7. The lowest BCUT2D eigenvalue weighted by Gasteiger charge is -2.15. The summed E-state index contributed by atoms with van der Waals surface area (Å²) < 4.78 is 11.5. The van der Waals surface area contributed by atoms with E-state index in [2.05, 4.69) is 13.8 Å². The lowest BCUT2D eigenvalue weighted by molar-refractivity contribution is 0.317. The van der Waals surface area contributed by atoms with Gasteiger partial charge in [0.15, 0.2) is 0 Å². The highest BCUT2D eigenvalue weighted by molar-refractivity contribution is 5.40. The quantitative estimate of drug-likeness (QED) is 0.803. The lowest BCUT2D eigenvalue weighted by atomic mass is 10.0. The van der Waals surface area contributed by atoms with Crippen LogP contribution in [0.4, 0.5) is 0 Å². The Labute approximate surface area is 126 Å². The van der Waals surface area contributed by atoms with Gasteiger partial charge in [-0.05, 0) is 43.2 Å². The second kappa shape index (κ2) is 7.70. The molecule has 1 atom stereocenters. The maximum Gasteiger partial charge on any atom is 0.132 e. The van der Waals surface area contributed by atoms with E-state index in [0.29, 0.717) is 0 Å². The number of hydrogen-bond acceptors (Lipinski definition) is 3. The van der Waals surface area contributed by atoms with E-state index >= 15 is 0 Å². The molecule has 0 saturated carbocycles. The topological polar surface area (TPSA) is 44.5 Å². The van der Waals surface area contributed by atoms with E-state index < -0.39 is 0 Å². The second-order valence-electron chi connectivity index (χ2n) is 4.97. The van der Waals surface area contributed by atoms with Crippen LogP contribution in [0.15, 0.2) is 48.5 Å².